The van der Waals surface area contributed by atoms with E-state index in [0.29, 0.717) is 22.6 Å². The van der Waals surface area contributed by atoms with Gasteiger partial charge in [0.05, 0.1) is 46.7 Å². The maximum Gasteiger partial charge on any atom is 0.241 e. The molecule has 2 saturated heterocycles. The van der Waals surface area contributed by atoms with Gasteiger partial charge in [0.25, 0.3) is 0 Å². The summed E-state index contributed by atoms with van der Waals surface area (Å²) in [4.78, 5) is 71.0. The molecule has 4 amide bonds. The summed E-state index contributed by atoms with van der Waals surface area (Å²) >= 11 is 6.07. The van der Waals surface area contributed by atoms with Crippen molar-refractivity contribution in [2.24, 2.45) is 29.1 Å². The number of nitrogens with zero attached hydrogens (tertiary/aromatic N) is 2. The first kappa shape index (κ1) is 30.8. The summed E-state index contributed by atoms with van der Waals surface area (Å²) in [7, 11) is 1.44. The number of rotatable bonds is 5. The van der Waals surface area contributed by atoms with E-state index >= 15 is 0 Å². The lowest BCUT2D eigenvalue weighted by atomic mass is 9.51. The Morgan fingerprint density at radius 2 is 1.64 bits per heavy atom. The minimum Gasteiger partial charge on any atom is -0.508 e. The van der Waals surface area contributed by atoms with Crippen molar-refractivity contribution in [3.63, 3.8) is 0 Å². The lowest BCUT2D eigenvalue weighted by Crippen LogP contribution is -2.49. The number of benzene rings is 3. The SMILES string of the molecule is COc1cc(O)ccc1C1C2=CCC3C(=O)N(c4ccc(C(C)=O)cc4)C(=O)C3C2CC2C(=O)N(c3ccc(F)c(Cl)c3)C(=O)C21C. The molecule has 11 heteroatoms. The van der Waals surface area contributed by atoms with E-state index in [0.717, 1.165) is 21.4 Å². The van der Waals surface area contributed by atoms with Gasteiger partial charge >= 0.3 is 0 Å². The second-order valence-electron chi connectivity index (χ2n) is 12.8. The van der Waals surface area contributed by atoms with Crippen molar-refractivity contribution in [1.82, 2.24) is 0 Å². The lowest BCUT2D eigenvalue weighted by Gasteiger charge is -2.49. The summed E-state index contributed by atoms with van der Waals surface area (Å²) in [6, 6.07) is 14.5. The Bertz CT molecular complexity index is 1940. The van der Waals surface area contributed by atoms with E-state index in [2.05, 4.69) is 0 Å². The number of anilines is 2. The molecule has 3 fully saturated rings. The summed E-state index contributed by atoms with van der Waals surface area (Å²) in [5.41, 5.74) is 0.837. The van der Waals surface area contributed by atoms with Crippen molar-refractivity contribution in [3.05, 3.63) is 94.3 Å². The molecular formula is C36H30ClFN2O7. The van der Waals surface area contributed by atoms with Gasteiger partial charge in [-0.3, -0.25) is 28.9 Å². The molecule has 9 nitrogen and oxygen atoms in total. The Balaban J connectivity index is 1.36. The molecule has 7 rings (SSSR count). The van der Waals surface area contributed by atoms with Crippen LogP contribution in [0.2, 0.25) is 5.02 Å². The van der Waals surface area contributed by atoms with Gasteiger partial charge in [0.1, 0.15) is 17.3 Å². The Hall–Kier alpha value is -4.83. The van der Waals surface area contributed by atoms with E-state index < -0.39 is 58.5 Å². The highest BCUT2D eigenvalue weighted by Crippen LogP contribution is 2.64. The van der Waals surface area contributed by atoms with Crippen LogP contribution in [0.3, 0.4) is 0 Å². The zero-order valence-electron chi connectivity index (χ0n) is 25.7. The number of halogens is 2. The fourth-order valence-electron chi connectivity index (χ4n) is 8.27. The average molecular weight is 657 g/mol. The predicted molar refractivity (Wildman–Crippen MR) is 170 cm³/mol. The molecule has 2 heterocycles. The molecule has 4 aliphatic rings. The number of Topliss-reactive ketones (excluding diaryl/α,β-unsaturated/α-hetero) is 1. The summed E-state index contributed by atoms with van der Waals surface area (Å²) in [5, 5.41) is 10.0. The molecule has 0 bridgehead atoms. The Morgan fingerprint density at radius 3 is 2.30 bits per heavy atom. The first-order valence-corrected chi connectivity index (χ1v) is 15.6. The second-order valence-corrected chi connectivity index (χ2v) is 13.2. The third-order valence-corrected chi connectivity index (χ3v) is 10.8. The molecular weight excluding hydrogens is 627 g/mol. The molecule has 0 spiro atoms. The van der Waals surface area contributed by atoms with Gasteiger partial charge in [0, 0.05) is 23.1 Å². The van der Waals surface area contributed by atoms with Crippen LogP contribution in [0.1, 0.15) is 48.5 Å². The average Bonchev–Trinajstić information content (AvgIpc) is 3.42. The summed E-state index contributed by atoms with van der Waals surface area (Å²) in [6.07, 6.45) is 2.26. The maximum absolute atomic E-state index is 14.5. The van der Waals surface area contributed by atoms with Gasteiger partial charge < -0.3 is 9.84 Å². The highest BCUT2D eigenvalue weighted by Gasteiger charge is 2.68. The van der Waals surface area contributed by atoms with Crippen molar-refractivity contribution in [2.75, 3.05) is 16.9 Å². The van der Waals surface area contributed by atoms with Gasteiger partial charge in [-0.25, -0.2) is 9.29 Å². The topological polar surface area (TPSA) is 121 Å². The van der Waals surface area contributed by atoms with E-state index in [1.165, 1.54) is 38.3 Å². The van der Waals surface area contributed by atoms with Crippen LogP contribution in [0.25, 0.3) is 0 Å². The molecule has 0 aromatic heterocycles. The minimum absolute atomic E-state index is 0.0586. The predicted octanol–water partition coefficient (Wildman–Crippen LogP) is 5.83. The van der Waals surface area contributed by atoms with Crippen LogP contribution in [-0.4, -0.2) is 41.6 Å². The van der Waals surface area contributed by atoms with Crippen LogP contribution >= 0.6 is 11.6 Å². The molecule has 0 radical (unpaired) electrons. The van der Waals surface area contributed by atoms with Crippen molar-refractivity contribution >= 4 is 52.4 Å². The number of imide groups is 2. The maximum atomic E-state index is 14.5. The normalized spacial score (nSPS) is 28.2. The Morgan fingerprint density at radius 1 is 0.936 bits per heavy atom. The smallest absolute Gasteiger partial charge is 0.241 e. The van der Waals surface area contributed by atoms with E-state index in [-0.39, 0.29) is 41.0 Å². The molecule has 240 valence electrons. The number of carbonyl (C=O) groups is 5. The quantitative estimate of drug-likeness (QED) is 0.208. The lowest BCUT2D eigenvalue weighted by molar-refractivity contribution is -0.131. The molecule has 1 saturated carbocycles. The molecule has 47 heavy (non-hydrogen) atoms. The number of hydrogen-bond donors (Lipinski definition) is 1. The number of ether oxygens (including phenoxy) is 1. The second kappa shape index (κ2) is 10.9. The summed E-state index contributed by atoms with van der Waals surface area (Å²) in [5.74, 6) is -6.18. The summed E-state index contributed by atoms with van der Waals surface area (Å²) < 4.78 is 19.8. The largest absolute Gasteiger partial charge is 0.508 e. The van der Waals surface area contributed by atoms with Crippen LogP contribution in [0.5, 0.6) is 11.5 Å². The zero-order valence-corrected chi connectivity index (χ0v) is 26.5. The van der Waals surface area contributed by atoms with Gasteiger partial charge in [-0.05, 0) is 81.1 Å². The van der Waals surface area contributed by atoms with Crippen molar-refractivity contribution < 1.29 is 38.2 Å². The molecule has 1 N–H and O–H groups in total. The molecule has 2 aliphatic heterocycles. The highest BCUT2D eigenvalue weighted by atomic mass is 35.5. The molecule has 6 unspecified atom stereocenters. The number of allylic oxidation sites excluding steroid dienone is 2. The first-order valence-electron chi connectivity index (χ1n) is 15.3. The van der Waals surface area contributed by atoms with Crippen LogP contribution in [0.4, 0.5) is 15.8 Å². The van der Waals surface area contributed by atoms with E-state index in [4.69, 9.17) is 16.3 Å². The number of ketones is 1. The van der Waals surface area contributed by atoms with Crippen LogP contribution < -0.4 is 14.5 Å². The highest BCUT2D eigenvalue weighted by molar-refractivity contribution is 6.32. The fraction of sp³-hybridized carbons (Fsp3) is 0.306. The molecule has 3 aromatic carbocycles. The third-order valence-electron chi connectivity index (χ3n) is 10.5. The summed E-state index contributed by atoms with van der Waals surface area (Å²) in [6.45, 7) is 3.15. The van der Waals surface area contributed by atoms with Gasteiger partial charge in [0.2, 0.25) is 23.6 Å². The number of amides is 4. The van der Waals surface area contributed by atoms with Gasteiger partial charge in [0.15, 0.2) is 5.78 Å². The third kappa shape index (κ3) is 4.37. The molecule has 2 aliphatic carbocycles. The Kier molecular flexibility index (Phi) is 7.13. The molecule has 3 aromatic rings. The number of aromatic hydroxyl groups is 1. The van der Waals surface area contributed by atoms with E-state index in [1.54, 1.807) is 37.3 Å². The van der Waals surface area contributed by atoms with Gasteiger partial charge in [-0.15, -0.1) is 0 Å². The van der Waals surface area contributed by atoms with Crippen molar-refractivity contribution in [1.29, 1.82) is 0 Å². The number of carbonyl (C=O) groups excluding carboxylic acids is 5. The minimum atomic E-state index is -1.37. The van der Waals surface area contributed by atoms with Gasteiger partial charge in [-0.1, -0.05) is 29.3 Å². The zero-order chi connectivity index (χ0) is 33.5. The number of phenols is 1. The van der Waals surface area contributed by atoms with Crippen molar-refractivity contribution in [3.8, 4) is 11.5 Å². The standard InChI is InChI=1S/C36H30ClFN2O7/c1-17(41)18-4-6-19(7-5-18)39-32(43)24-12-11-22-25(30(24)34(39)45)16-26-33(44)40(20-8-13-28(38)27(37)14-20)35(46)36(26,2)31(22)23-10-9-21(42)15-29(23)47-3/h4-11,13-15,24-26,30-31,42H,12,16H2,1-3H3. The van der Waals surface area contributed by atoms with Crippen LogP contribution in [-0.2, 0) is 19.2 Å². The first-order chi connectivity index (χ1) is 22.4. The molecule has 6 atom stereocenters. The van der Waals surface area contributed by atoms with E-state index in [9.17, 15) is 33.5 Å². The van der Waals surface area contributed by atoms with E-state index in [1.807, 2.05) is 6.08 Å². The van der Waals surface area contributed by atoms with Crippen molar-refractivity contribution in [2.45, 2.75) is 32.6 Å². The Labute approximate surface area is 274 Å². The number of methoxy groups -OCH3 is 1. The van der Waals surface area contributed by atoms with Crippen LogP contribution in [0.15, 0.2) is 72.3 Å². The monoisotopic (exact) mass is 656 g/mol. The number of phenolic OH excluding ortho intramolecular Hbond substituents is 1. The number of hydrogen-bond acceptors (Lipinski definition) is 7. The van der Waals surface area contributed by atoms with Gasteiger partial charge in [-0.2, -0.15) is 0 Å². The number of fused-ring (bicyclic) bond motifs is 4. The van der Waals surface area contributed by atoms with Crippen LogP contribution in [0, 0.1) is 34.9 Å². The fourth-order valence-corrected chi connectivity index (χ4v) is 8.44.